The number of nitrogens with zero attached hydrogens (tertiary/aromatic N) is 3. The Hall–Kier alpha value is -3.54. The molecule has 156 valence electrons. The van der Waals surface area contributed by atoms with E-state index in [1.165, 1.54) is 12.1 Å². The van der Waals surface area contributed by atoms with Crippen molar-refractivity contribution in [2.75, 3.05) is 5.32 Å². The maximum absolute atomic E-state index is 13.5. The van der Waals surface area contributed by atoms with Gasteiger partial charge in [0.15, 0.2) is 5.65 Å². The minimum atomic E-state index is -0.303. The second kappa shape index (κ2) is 7.61. The lowest BCUT2D eigenvalue weighted by Gasteiger charge is -2.10. The molecular weight excluding hydrogens is 391 g/mol. The van der Waals surface area contributed by atoms with Crippen LogP contribution in [0.1, 0.15) is 53.0 Å². The Kier molecular flexibility index (Phi) is 4.77. The summed E-state index contributed by atoms with van der Waals surface area (Å²) in [7, 11) is 0. The molecule has 1 aliphatic carbocycles. The van der Waals surface area contributed by atoms with E-state index in [4.69, 9.17) is 10.1 Å². The summed E-state index contributed by atoms with van der Waals surface area (Å²) in [6.07, 6.45) is 2.78. The van der Waals surface area contributed by atoms with Crippen LogP contribution in [0.15, 0.2) is 54.6 Å². The van der Waals surface area contributed by atoms with Gasteiger partial charge in [-0.1, -0.05) is 19.1 Å². The van der Waals surface area contributed by atoms with Crippen molar-refractivity contribution >= 4 is 22.6 Å². The zero-order valence-electron chi connectivity index (χ0n) is 17.5. The molecule has 5 nitrogen and oxygen atoms in total. The van der Waals surface area contributed by atoms with Crippen molar-refractivity contribution in [3.05, 3.63) is 82.9 Å². The van der Waals surface area contributed by atoms with Crippen LogP contribution < -0.4 is 5.32 Å². The minimum Gasteiger partial charge on any atom is -0.322 e. The third-order valence-corrected chi connectivity index (χ3v) is 5.64. The summed E-state index contributed by atoms with van der Waals surface area (Å²) in [4.78, 5) is 18.2. The number of aromatic nitrogens is 3. The summed E-state index contributed by atoms with van der Waals surface area (Å²) in [5.74, 6) is -0.152. The second-order valence-electron chi connectivity index (χ2n) is 8.08. The van der Waals surface area contributed by atoms with Gasteiger partial charge in [-0.3, -0.25) is 4.79 Å². The molecular formula is C25H23FN4O. The Morgan fingerprint density at radius 1 is 1.16 bits per heavy atom. The van der Waals surface area contributed by atoms with Crippen molar-refractivity contribution in [3.8, 4) is 5.69 Å². The third-order valence-electron chi connectivity index (χ3n) is 5.64. The lowest BCUT2D eigenvalue weighted by Crippen LogP contribution is -2.14. The molecule has 5 rings (SSSR count). The third kappa shape index (κ3) is 3.69. The molecule has 31 heavy (non-hydrogen) atoms. The highest BCUT2D eigenvalue weighted by Gasteiger charge is 2.32. The summed E-state index contributed by atoms with van der Waals surface area (Å²) in [6, 6.07) is 15.8. The van der Waals surface area contributed by atoms with Gasteiger partial charge in [0.2, 0.25) is 0 Å². The van der Waals surface area contributed by atoms with Gasteiger partial charge in [0.05, 0.1) is 22.3 Å². The van der Waals surface area contributed by atoms with Gasteiger partial charge >= 0.3 is 0 Å². The van der Waals surface area contributed by atoms with Crippen LogP contribution in [0.2, 0.25) is 0 Å². The zero-order valence-corrected chi connectivity index (χ0v) is 17.5. The van der Waals surface area contributed by atoms with Crippen molar-refractivity contribution in [2.45, 2.75) is 39.0 Å². The highest BCUT2D eigenvalue weighted by atomic mass is 19.1. The molecule has 1 saturated carbocycles. The standard InChI is InChI=1S/C25H23FN4O/c1-3-18-14-21(25(31)28-19-6-4-5-15(2)13-19)22-23(16-7-8-16)29-30(24(22)27-18)20-11-9-17(26)10-12-20/h4-6,9-14,16H,3,7-8H2,1-2H3,(H,28,31). The van der Waals surface area contributed by atoms with Gasteiger partial charge < -0.3 is 5.32 Å². The molecule has 0 radical (unpaired) electrons. The minimum absolute atomic E-state index is 0.173. The molecule has 4 aromatic rings. The number of nitrogens with one attached hydrogen (secondary N) is 1. The molecule has 1 N–H and O–H groups in total. The maximum atomic E-state index is 13.5. The van der Waals surface area contributed by atoms with E-state index in [0.29, 0.717) is 23.5 Å². The Morgan fingerprint density at radius 3 is 2.61 bits per heavy atom. The molecule has 6 heteroatoms. The Balaban J connectivity index is 1.69. The molecule has 1 aliphatic rings. The van der Waals surface area contributed by atoms with Crippen LogP contribution in [0.4, 0.5) is 10.1 Å². The van der Waals surface area contributed by atoms with Gasteiger partial charge in [0, 0.05) is 17.3 Å². The van der Waals surface area contributed by atoms with Gasteiger partial charge in [-0.15, -0.1) is 0 Å². The first-order valence-electron chi connectivity index (χ1n) is 10.6. The molecule has 0 spiro atoms. The first-order valence-corrected chi connectivity index (χ1v) is 10.6. The average molecular weight is 414 g/mol. The van der Waals surface area contributed by atoms with Crippen molar-refractivity contribution in [1.82, 2.24) is 14.8 Å². The normalized spacial score (nSPS) is 13.5. The first-order chi connectivity index (χ1) is 15.0. The van der Waals surface area contributed by atoms with Crippen molar-refractivity contribution in [1.29, 1.82) is 0 Å². The highest BCUT2D eigenvalue weighted by molar-refractivity contribution is 6.13. The first kappa shape index (κ1) is 19.4. The zero-order chi connectivity index (χ0) is 21.5. The fraction of sp³-hybridized carbons (Fsp3) is 0.240. The van der Waals surface area contributed by atoms with Crippen LogP contribution >= 0.6 is 0 Å². The number of pyridine rings is 1. The van der Waals surface area contributed by atoms with E-state index >= 15 is 0 Å². The highest BCUT2D eigenvalue weighted by Crippen LogP contribution is 2.43. The molecule has 0 saturated heterocycles. The number of anilines is 1. The number of aryl methyl sites for hydroxylation is 2. The van der Waals surface area contributed by atoms with Crippen LogP contribution in [0.3, 0.4) is 0 Å². The van der Waals surface area contributed by atoms with Crippen molar-refractivity contribution < 1.29 is 9.18 Å². The van der Waals surface area contributed by atoms with Gasteiger partial charge in [-0.05, 0) is 74.2 Å². The van der Waals surface area contributed by atoms with Crippen molar-refractivity contribution in [3.63, 3.8) is 0 Å². The number of carbonyl (C=O) groups excluding carboxylic acids is 1. The monoisotopic (exact) mass is 414 g/mol. The lowest BCUT2D eigenvalue weighted by molar-refractivity contribution is 0.102. The van der Waals surface area contributed by atoms with Crippen molar-refractivity contribution in [2.24, 2.45) is 0 Å². The van der Waals surface area contributed by atoms with E-state index in [9.17, 15) is 9.18 Å². The predicted octanol–water partition coefficient (Wildman–Crippen LogP) is 5.56. The average Bonchev–Trinajstić information content (AvgIpc) is 3.54. The number of rotatable bonds is 5. The molecule has 0 unspecified atom stereocenters. The van der Waals surface area contributed by atoms with E-state index in [1.807, 2.05) is 44.2 Å². The van der Waals surface area contributed by atoms with E-state index in [1.54, 1.807) is 16.8 Å². The van der Waals surface area contributed by atoms with Gasteiger partial charge in [-0.25, -0.2) is 14.1 Å². The second-order valence-corrected chi connectivity index (χ2v) is 8.08. The number of benzene rings is 2. The van der Waals surface area contributed by atoms with E-state index in [2.05, 4.69) is 5.32 Å². The maximum Gasteiger partial charge on any atom is 0.256 e. The number of fused-ring (bicyclic) bond motifs is 1. The summed E-state index contributed by atoms with van der Waals surface area (Å²) in [6.45, 7) is 4.00. The molecule has 2 heterocycles. The smallest absolute Gasteiger partial charge is 0.256 e. The van der Waals surface area contributed by atoms with E-state index in [0.717, 1.165) is 46.6 Å². The van der Waals surface area contributed by atoms with Gasteiger partial charge in [0.25, 0.3) is 5.91 Å². The van der Waals surface area contributed by atoms with Gasteiger partial charge in [-0.2, -0.15) is 5.10 Å². The van der Waals surface area contributed by atoms with E-state index < -0.39 is 0 Å². The number of hydrogen-bond acceptors (Lipinski definition) is 3. The SMILES string of the molecule is CCc1cc(C(=O)Nc2cccc(C)c2)c2c(C3CC3)nn(-c3ccc(F)cc3)c2n1. The van der Waals surface area contributed by atoms with Crippen LogP contribution in [0, 0.1) is 12.7 Å². The Labute approximate surface area is 179 Å². The molecule has 1 amide bonds. The summed E-state index contributed by atoms with van der Waals surface area (Å²) >= 11 is 0. The topological polar surface area (TPSA) is 59.8 Å². The van der Waals surface area contributed by atoms with E-state index in [-0.39, 0.29) is 11.7 Å². The van der Waals surface area contributed by atoms with Crippen LogP contribution in [-0.4, -0.2) is 20.7 Å². The van der Waals surface area contributed by atoms with Crippen LogP contribution in [0.5, 0.6) is 0 Å². The summed E-state index contributed by atoms with van der Waals surface area (Å²) in [5.41, 5.74) is 5.49. The Morgan fingerprint density at radius 2 is 1.94 bits per heavy atom. The summed E-state index contributed by atoms with van der Waals surface area (Å²) < 4.78 is 15.2. The fourth-order valence-electron chi connectivity index (χ4n) is 3.88. The summed E-state index contributed by atoms with van der Waals surface area (Å²) in [5, 5.41) is 8.66. The number of amides is 1. The molecule has 0 atom stereocenters. The number of halogens is 1. The largest absolute Gasteiger partial charge is 0.322 e. The molecule has 0 bridgehead atoms. The quantitative estimate of drug-likeness (QED) is 0.465. The predicted molar refractivity (Wildman–Crippen MR) is 119 cm³/mol. The Bertz CT molecular complexity index is 1290. The fourth-order valence-corrected chi connectivity index (χ4v) is 3.88. The molecule has 2 aromatic heterocycles. The lowest BCUT2D eigenvalue weighted by atomic mass is 10.1. The van der Waals surface area contributed by atoms with Crippen LogP contribution in [-0.2, 0) is 6.42 Å². The number of carbonyl (C=O) groups is 1. The molecule has 0 aliphatic heterocycles. The number of hydrogen-bond donors (Lipinski definition) is 1. The van der Waals surface area contributed by atoms with Crippen LogP contribution in [0.25, 0.3) is 16.7 Å². The molecule has 1 fully saturated rings. The molecule has 2 aromatic carbocycles. The van der Waals surface area contributed by atoms with Gasteiger partial charge in [0.1, 0.15) is 5.82 Å².